The van der Waals surface area contributed by atoms with Crippen molar-refractivity contribution in [3.05, 3.63) is 29.3 Å². The summed E-state index contributed by atoms with van der Waals surface area (Å²) in [6, 6.07) is 7.51. The first kappa shape index (κ1) is 18.3. The fourth-order valence-electron chi connectivity index (χ4n) is 2.39. The highest BCUT2D eigenvalue weighted by Gasteiger charge is 2.26. The molecule has 23 heavy (non-hydrogen) atoms. The van der Waals surface area contributed by atoms with Gasteiger partial charge in [-0.15, -0.1) is 11.6 Å². The lowest BCUT2D eigenvalue weighted by molar-refractivity contribution is -0.118. The van der Waals surface area contributed by atoms with Crippen LogP contribution in [0.1, 0.15) is 0 Å². The maximum atomic E-state index is 12.3. The molecule has 0 unspecified atom stereocenters. The third-order valence-electron chi connectivity index (χ3n) is 3.61. The second-order valence-corrected chi connectivity index (χ2v) is 7.96. The number of benzene rings is 1. The molecule has 0 saturated carbocycles. The van der Waals surface area contributed by atoms with Crippen LogP contribution in [0.25, 0.3) is 0 Å². The van der Waals surface area contributed by atoms with Crippen molar-refractivity contribution in [1.29, 1.82) is 0 Å². The summed E-state index contributed by atoms with van der Waals surface area (Å²) in [7, 11) is -3.38. The van der Waals surface area contributed by atoms with Crippen LogP contribution >= 0.6 is 23.2 Å². The summed E-state index contributed by atoms with van der Waals surface area (Å²) in [5, 5.41) is 3.13. The molecule has 0 aromatic heterocycles. The standard InChI is InChI=1S/C14H19Cl2N3O3S/c15-11-14(20)17-4-9-23(21,22)19-7-5-18(6-8-19)13-3-1-2-12(16)10-13/h1-3,10H,4-9,11H2,(H,17,20). The minimum atomic E-state index is -3.38. The highest BCUT2D eigenvalue weighted by molar-refractivity contribution is 7.89. The Bertz CT molecular complexity index is 646. The monoisotopic (exact) mass is 379 g/mol. The minimum absolute atomic E-state index is 0.0718. The summed E-state index contributed by atoms with van der Waals surface area (Å²) in [6.07, 6.45) is 0. The second-order valence-electron chi connectivity index (χ2n) is 5.17. The van der Waals surface area contributed by atoms with E-state index in [1.807, 2.05) is 18.2 Å². The average molecular weight is 380 g/mol. The number of halogens is 2. The van der Waals surface area contributed by atoms with Crippen LogP contribution in [0.4, 0.5) is 5.69 Å². The number of anilines is 1. The van der Waals surface area contributed by atoms with Gasteiger partial charge in [0.15, 0.2) is 0 Å². The zero-order chi connectivity index (χ0) is 16.9. The predicted octanol–water partition coefficient (Wildman–Crippen LogP) is 1.15. The van der Waals surface area contributed by atoms with Gasteiger partial charge in [0.1, 0.15) is 5.88 Å². The van der Waals surface area contributed by atoms with E-state index >= 15 is 0 Å². The molecule has 0 radical (unpaired) electrons. The first-order valence-corrected chi connectivity index (χ1v) is 9.75. The fraction of sp³-hybridized carbons (Fsp3) is 0.500. The van der Waals surface area contributed by atoms with E-state index in [9.17, 15) is 13.2 Å². The van der Waals surface area contributed by atoms with Crippen molar-refractivity contribution in [1.82, 2.24) is 9.62 Å². The van der Waals surface area contributed by atoms with Crippen LogP contribution < -0.4 is 10.2 Å². The van der Waals surface area contributed by atoms with Crippen LogP contribution in [0.5, 0.6) is 0 Å². The third-order valence-corrected chi connectivity index (χ3v) is 5.96. The Hall–Kier alpha value is -1.02. The summed E-state index contributed by atoms with van der Waals surface area (Å²) in [6.45, 7) is 2.11. The van der Waals surface area contributed by atoms with Crippen molar-refractivity contribution in [3.63, 3.8) is 0 Å². The van der Waals surface area contributed by atoms with Crippen LogP contribution in [-0.2, 0) is 14.8 Å². The van der Waals surface area contributed by atoms with E-state index in [0.717, 1.165) is 5.69 Å². The van der Waals surface area contributed by atoms with Crippen molar-refractivity contribution in [2.24, 2.45) is 0 Å². The molecule has 0 bridgehead atoms. The molecule has 0 spiro atoms. The van der Waals surface area contributed by atoms with Crippen LogP contribution in [-0.4, -0.2) is 63.0 Å². The normalized spacial score (nSPS) is 16.3. The minimum Gasteiger partial charge on any atom is -0.369 e. The number of rotatable bonds is 6. The number of nitrogens with zero attached hydrogens (tertiary/aromatic N) is 2. The van der Waals surface area contributed by atoms with Gasteiger partial charge in [0.2, 0.25) is 15.9 Å². The number of carbonyl (C=O) groups excluding carboxylic acids is 1. The van der Waals surface area contributed by atoms with Gasteiger partial charge >= 0.3 is 0 Å². The van der Waals surface area contributed by atoms with Gasteiger partial charge in [-0.2, -0.15) is 4.31 Å². The smallest absolute Gasteiger partial charge is 0.234 e. The molecule has 128 valence electrons. The van der Waals surface area contributed by atoms with E-state index in [2.05, 4.69) is 10.2 Å². The van der Waals surface area contributed by atoms with E-state index in [4.69, 9.17) is 23.2 Å². The van der Waals surface area contributed by atoms with Crippen LogP contribution in [0.3, 0.4) is 0 Å². The summed E-state index contributed by atoms with van der Waals surface area (Å²) < 4.78 is 26.0. The average Bonchev–Trinajstić information content (AvgIpc) is 2.54. The molecule has 1 saturated heterocycles. The highest BCUT2D eigenvalue weighted by Crippen LogP contribution is 2.21. The lowest BCUT2D eigenvalue weighted by Gasteiger charge is -2.35. The quantitative estimate of drug-likeness (QED) is 0.752. The molecule has 1 aliphatic heterocycles. The van der Waals surface area contributed by atoms with Crippen molar-refractivity contribution in [3.8, 4) is 0 Å². The summed E-state index contributed by atoms with van der Waals surface area (Å²) in [5.41, 5.74) is 0.990. The molecule has 0 aliphatic carbocycles. The molecule has 1 aliphatic rings. The number of sulfonamides is 1. The van der Waals surface area contributed by atoms with Gasteiger partial charge in [-0.3, -0.25) is 4.79 Å². The summed E-state index contributed by atoms with van der Waals surface area (Å²) in [4.78, 5) is 13.1. The molecule has 1 amide bonds. The Labute approximate surface area is 146 Å². The zero-order valence-corrected chi connectivity index (χ0v) is 14.9. The van der Waals surface area contributed by atoms with E-state index in [-0.39, 0.29) is 24.1 Å². The number of alkyl halides is 1. The van der Waals surface area contributed by atoms with Gasteiger partial charge in [0.25, 0.3) is 0 Å². The number of piperazine rings is 1. The number of hydrogen-bond donors (Lipinski definition) is 1. The fourth-order valence-corrected chi connectivity index (χ4v) is 4.01. The van der Waals surface area contributed by atoms with Gasteiger partial charge in [0, 0.05) is 43.4 Å². The van der Waals surface area contributed by atoms with Gasteiger partial charge in [-0.05, 0) is 18.2 Å². The summed E-state index contributed by atoms with van der Waals surface area (Å²) in [5.74, 6) is -0.654. The van der Waals surface area contributed by atoms with Crippen molar-refractivity contribution >= 4 is 44.8 Å². The zero-order valence-electron chi connectivity index (χ0n) is 12.5. The van der Waals surface area contributed by atoms with Crippen molar-refractivity contribution in [2.75, 3.05) is 49.3 Å². The molecule has 1 aromatic rings. The summed E-state index contributed by atoms with van der Waals surface area (Å²) >= 11 is 11.3. The SMILES string of the molecule is O=C(CCl)NCCS(=O)(=O)N1CCN(c2cccc(Cl)c2)CC1. The first-order chi connectivity index (χ1) is 10.9. The molecule has 0 atom stereocenters. The Morgan fingerprint density at radius 1 is 1.22 bits per heavy atom. The molecular weight excluding hydrogens is 361 g/mol. The molecular formula is C14H19Cl2N3O3S. The van der Waals surface area contributed by atoms with E-state index in [1.165, 1.54) is 4.31 Å². The molecule has 9 heteroatoms. The second kappa shape index (κ2) is 8.19. The Balaban J connectivity index is 1.86. The number of nitrogens with one attached hydrogen (secondary N) is 1. The maximum absolute atomic E-state index is 12.3. The Morgan fingerprint density at radius 2 is 1.91 bits per heavy atom. The van der Waals surface area contributed by atoms with Gasteiger partial charge in [-0.1, -0.05) is 17.7 Å². The van der Waals surface area contributed by atoms with Crippen molar-refractivity contribution < 1.29 is 13.2 Å². The molecule has 6 nitrogen and oxygen atoms in total. The van der Waals surface area contributed by atoms with Crippen LogP contribution in [0, 0.1) is 0 Å². The lowest BCUT2D eigenvalue weighted by Crippen LogP contribution is -2.50. The Kier molecular flexibility index (Phi) is 6.52. The Morgan fingerprint density at radius 3 is 2.52 bits per heavy atom. The highest BCUT2D eigenvalue weighted by atomic mass is 35.5. The van der Waals surface area contributed by atoms with Crippen molar-refractivity contribution in [2.45, 2.75) is 0 Å². The first-order valence-electron chi connectivity index (χ1n) is 7.23. The number of amides is 1. The van der Waals surface area contributed by atoms with Crippen LogP contribution in [0.15, 0.2) is 24.3 Å². The van der Waals surface area contributed by atoms with E-state index in [0.29, 0.717) is 31.2 Å². The third kappa shape index (κ3) is 5.24. The van der Waals surface area contributed by atoms with Gasteiger partial charge in [-0.25, -0.2) is 8.42 Å². The van der Waals surface area contributed by atoms with E-state index < -0.39 is 10.0 Å². The van der Waals surface area contributed by atoms with E-state index in [1.54, 1.807) is 6.07 Å². The molecule has 1 aromatic carbocycles. The predicted molar refractivity (Wildman–Crippen MR) is 92.8 cm³/mol. The number of carbonyl (C=O) groups is 1. The van der Waals surface area contributed by atoms with Gasteiger partial charge < -0.3 is 10.2 Å². The molecule has 1 fully saturated rings. The largest absolute Gasteiger partial charge is 0.369 e. The van der Waals surface area contributed by atoms with Crippen LogP contribution in [0.2, 0.25) is 5.02 Å². The van der Waals surface area contributed by atoms with Gasteiger partial charge in [0.05, 0.1) is 5.75 Å². The number of hydrogen-bond acceptors (Lipinski definition) is 4. The topological polar surface area (TPSA) is 69.7 Å². The molecule has 1 heterocycles. The lowest BCUT2D eigenvalue weighted by atomic mass is 10.2. The molecule has 1 N–H and O–H groups in total. The maximum Gasteiger partial charge on any atom is 0.234 e. The molecule has 2 rings (SSSR count).